The summed E-state index contributed by atoms with van der Waals surface area (Å²) in [5.41, 5.74) is 3.28. The van der Waals surface area contributed by atoms with Gasteiger partial charge < -0.3 is 19.7 Å². The number of hydrogen-bond donors (Lipinski definition) is 1. The first-order valence-electron chi connectivity index (χ1n) is 9.79. The largest absolute Gasteiger partial charge is 0.356 e. The van der Waals surface area contributed by atoms with Crippen LogP contribution < -0.4 is 10.2 Å². The monoisotopic (exact) mass is 368 g/mol. The van der Waals surface area contributed by atoms with Gasteiger partial charge in [-0.25, -0.2) is 4.98 Å². The third kappa shape index (κ3) is 3.92. The second kappa shape index (κ2) is 7.44. The summed E-state index contributed by atoms with van der Waals surface area (Å²) in [5, 5.41) is 3.42. The molecule has 0 aliphatic carbocycles. The van der Waals surface area contributed by atoms with Gasteiger partial charge in [0.05, 0.1) is 13.2 Å². The lowest BCUT2D eigenvalue weighted by atomic mass is 10.0. The van der Waals surface area contributed by atoms with Gasteiger partial charge in [0.25, 0.3) is 0 Å². The van der Waals surface area contributed by atoms with Crippen LogP contribution >= 0.6 is 0 Å². The molecule has 6 heteroatoms. The van der Waals surface area contributed by atoms with Crippen molar-refractivity contribution in [3.63, 3.8) is 0 Å². The molecule has 0 atom stereocenters. The number of aromatic nitrogens is 2. The van der Waals surface area contributed by atoms with Crippen LogP contribution in [0.3, 0.4) is 0 Å². The Morgan fingerprint density at radius 1 is 1.07 bits per heavy atom. The highest BCUT2D eigenvalue weighted by atomic mass is 16.7. The van der Waals surface area contributed by atoms with Crippen LogP contribution in [0.4, 0.5) is 17.5 Å². The number of hydrogen-bond acceptors (Lipinski definition) is 6. The number of aryl methyl sites for hydroxylation is 1. The molecule has 2 fully saturated rings. The molecule has 1 aromatic carbocycles. The van der Waals surface area contributed by atoms with Crippen molar-refractivity contribution in [2.45, 2.75) is 45.3 Å². The highest BCUT2D eigenvalue weighted by molar-refractivity contribution is 5.60. The minimum Gasteiger partial charge on any atom is -0.356 e. The maximum atomic E-state index is 5.83. The molecule has 0 amide bonds. The van der Waals surface area contributed by atoms with E-state index in [4.69, 9.17) is 14.5 Å². The molecule has 2 saturated heterocycles. The Morgan fingerprint density at radius 2 is 1.78 bits per heavy atom. The molecule has 2 aromatic rings. The smallest absolute Gasteiger partial charge is 0.229 e. The van der Waals surface area contributed by atoms with Gasteiger partial charge in [0.15, 0.2) is 5.79 Å². The molecular formula is C21H28N4O2. The molecule has 0 radical (unpaired) electrons. The molecule has 6 nitrogen and oxygen atoms in total. The van der Waals surface area contributed by atoms with E-state index in [-0.39, 0.29) is 5.79 Å². The highest BCUT2D eigenvalue weighted by Gasteiger charge is 2.40. The average molecular weight is 368 g/mol. The van der Waals surface area contributed by atoms with Crippen molar-refractivity contribution in [3.8, 4) is 0 Å². The minimum atomic E-state index is -0.365. The van der Waals surface area contributed by atoms with Gasteiger partial charge >= 0.3 is 0 Å². The number of piperidine rings is 1. The summed E-state index contributed by atoms with van der Waals surface area (Å²) in [5.74, 6) is 1.67. The van der Waals surface area contributed by atoms with Crippen molar-refractivity contribution in [1.82, 2.24) is 9.97 Å². The van der Waals surface area contributed by atoms with Crippen molar-refractivity contribution < 1.29 is 9.47 Å². The van der Waals surface area contributed by atoms with E-state index in [1.165, 1.54) is 5.56 Å². The molecule has 1 spiro atoms. The van der Waals surface area contributed by atoms with Gasteiger partial charge in [-0.1, -0.05) is 32.0 Å². The molecule has 1 aromatic heterocycles. The fourth-order valence-electron chi connectivity index (χ4n) is 3.87. The zero-order chi connectivity index (χ0) is 18.9. The topological polar surface area (TPSA) is 59.5 Å². The van der Waals surface area contributed by atoms with Gasteiger partial charge in [0, 0.05) is 43.4 Å². The second-order valence-electron chi connectivity index (χ2n) is 7.65. The van der Waals surface area contributed by atoms with E-state index < -0.39 is 0 Å². The number of rotatable bonds is 4. The molecule has 3 heterocycles. The van der Waals surface area contributed by atoms with Crippen LogP contribution in [0, 0.1) is 6.92 Å². The van der Waals surface area contributed by atoms with E-state index in [1.807, 2.05) is 19.1 Å². The predicted octanol–water partition coefficient (Wildman–Crippen LogP) is 4.00. The first-order chi connectivity index (χ1) is 13.0. The highest BCUT2D eigenvalue weighted by Crippen LogP contribution is 2.33. The van der Waals surface area contributed by atoms with E-state index in [2.05, 4.69) is 47.2 Å². The Balaban J connectivity index is 1.52. The SMILES string of the molecule is Cc1cc(N2CCC3(CC2)OCCO3)nc(Nc2ccccc2C(C)C)n1. The number of nitrogens with one attached hydrogen (secondary N) is 1. The molecule has 0 bridgehead atoms. The molecule has 144 valence electrons. The molecule has 0 saturated carbocycles. The Morgan fingerprint density at radius 3 is 2.48 bits per heavy atom. The van der Waals surface area contributed by atoms with Crippen molar-refractivity contribution in [2.24, 2.45) is 0 Å². The van der Waals surface area contributed by atoms with Gasteiger partial charge in [-0.3, -0.25) is 0 Å². The number of anilines is 3. The van der Waals surface area contributed by atoms with Gasteiger partial charge in [-0.05, 0) is 24.5 Å². The fraction of sp³-hybridized carbons (Fsp3) is 0.524. The Labute approximate surface area is 160 Å². The van der Waals surface area contributed by atoms with Crippen LogP contribution in [0.25, 0.3) is 0 Å². The molecule has 4 rings (SSSR count). The summed E-state index contributed by atoms with van der Waals surface area (Å²) in [6.45, 7) is 9.56. The number of benzene rings is 1. The Kier molecular flexibility index (Phi) is 5.02. The van der Waals surface area contributed by atoms with Gasteiger partial charge in [-0.2, -0.15) is 4.98 Å². The second-order valence-corrected chi connectivity index (χ2v) is 7.65. The van der Waals surface area contributed by atoms with E-state index in [0.29, 0.717) is 25.1 Å². The predicted molar refractivity (Wildman–Crippen MR) is 107 cm³/mol. The van der Waals surface area contributed by atoms with E-state index in [1.54, 1.807) is 0 Å². The molecule has 0 unspecified atom stereocenters. The van der Waals surface area contributed by atoms with E-state index >= 15 is 0 Å². The van der Waals surface area contributed by atoms with Crippen molar-refractivity contribution >= 4 is 17.5 Å². The van der Waals surface area contributed by atoms with Crippen molar-refractivity contribution in [2.75, 3.05) is 36.5 Å². The molecule has 2 aliphatic heterocycles. The van der Waals surface area contributed by atoms with Crippen LogP contribution in [0.15, 0.2) is 30.3 Å². The zero-order valence-corrected chi connectivity index (χ0v) is 16.4. The Bertz CT molecular complexity index is 793. The summed E-state index contributed by atoms with van der Waals surface area (Å²) in [4.78, 5) is 11.7. The van der Waals surface area contributed by atoms with Crippen LogP contribution in [-0.4, -0.2) is 42.1 Å². The third-order valence-electron chi connectivity index (χ3n) is 5.33. The molecule has 1 N–H and O–H groups in total. The third-order valence-corrected chi connectivity index (χ3v) is 5.33. The first kappa shape index (κ1) is 18.2. The van der Waals surface area contributed by atoms with Gasteiger partial charge in [0.2, 0.25) is 5.95 Å². The maximum Gasteiger partial charge on any atom is 0.229 e. The summed E-state index contributed by atoms with van der Waals surface area (Å²) < 4.78 is 11.7. The normalized spacial score (nSPS) is 19.0. The van der Waals surface area contributed by atoms with Gasteiger partial charge in [0.1, 0.15) is 5.82 Å². The van der Waals surface area contributed by atoms with Crippen LogP contribution in [0.1, 0.15) is 43.9 Å². The number of nitrogens with zero attached hydrogens (tertiary/aromatic N) is 3. The fourth-order valence-corrected chi connectivity index (χ4v) is 3.87. The molecule has 2 aliphatic rings. The van der Waals surface area contributed by atoms with Crippen LogP contribution in [0.5, 0.6) is 0 Å². The standard InChI is InChI=1S/C21H28N4O2/c1-15(2)17-6-4-5-7-18(17)23-20-22-16(3)14-19(24-20)25-10-8-21(9-11-25)26-12-13-27-21/h4-7,14-15H,8-13H2,1-3H3,(H,22,23,24). The van der Waals surface area contributed by atoms with Crippen LogP contribution in [0.2, 0.25) is 0 Å². The lowest BCUT2D eigenvalue weighted by molar-refractivity contribution is -0.169. The summed E-state index contributed by atoms with van der Waals surface area (Å²) in [7, 11) is 0. The number of para-hydroxylation sites is 1. The Hall–Kier alpha value is -2.18. The van der Waals surface area contributed by atoms with Crippen molar-refractivity contribution in [3.05, 3.63) is 41.6 Å². The van der Waals surface area contributed by atoms with E-state index in [9.17, 15) is 0 Å². The van der Waals surface area contributed by atoms with Crippen LogP contribution in [-0.2, 0) is 9.47 Å². The lowest BCUT2D eigenvalue weighted by Crippen LogP contribution is -2.45. The zero-order valence-electron chi connectivity index (χ0n) is 16.4. The number of ether oxygens (including phenoxy) is 2. The first-order valence-corrected chi connectivity index (χ1v) is 9.79. The molecule has 27 heavy (non-hydrogen) atoms. The average Bonchev–Trinajstić information content (AvgIpc) is 3.10. The summed E-state index contributed by atoms with van der Waals surface area (Å²) in [6, 6.07) is 10.4. The van der Waals surface area contributed by atoms with Gasteiger partial charge in [-0.15, -0.1) is 0 Å². The quantitative estimate of drug-likeness (QED) is 0.880. The maximum absolute atomic E-state index is 5.83. The molecular weight excluding hydrogens is 340 g/mol. The van der Waals surface area contributed by atoms with E-state index in [0.717, 1.165) is 43.1 Å². The lowest BCUT2D eigenvalue weighted by Gasteiger charge is -2.38. The summed E-state index contributed by atoms with van der Waals surface area (Å²) in [6.07, 6.45) is 1.74. The van der Waals surface area contributed by atoms with Crippen molar-refractivity contribution in [1.29, 1.82) is 0 Å². The minimum absolute atomic E-state index is 0.365. The summed E-state index contributed by atoms with van der Waals surface area (Å²) >= 11 is 0.